The van der Waals surface area contributed by atoms with E-state index in [0.29, 0.717) is 25.3 Å². The van der Waals surface area contributed by atoms with Gasteiger partial charge < -0.3 is 24.4 Å². The summed E-state index contributed by atoms with van der Waals surface area (Å²) in [6.07, 6.45) is 6.83. The third-order valence-electron chi connectivity index (χ3n) is 9.21. The van der Waals surface area contributed by atoms with Gasteiger partial charge in [-0.25, -0.2) is 12.8 Å². The average Bonchev–Trinajstić information content (AvgIpc) is 3.06. The van der Waals surface area contributed by atoms with Crippen molar-refractivity contribution in [3.8, 4) is 5.75 Å². The van der Waals surface area contributed by atoms with Gasteiger partial charge in [0.15, 0.2) is 0 Å². The van der Waals surface area contributed by atoms with E-state index in [1.165, 1.54) is 12.1 Å². The number of hydrogen-bond acceptors (Lipinski definition) is 7. The summed E-state index contributed by atoms with van der Waals surface area (Å²) >= 11 is 0. The van der Waals surface area contributed by atoms with Gasteiger partial charge in [0.05, 0.1) is 35.3 Å². The van der Waals surface area contributed by atoms with E-state index < -0.39 is 27.8 Å². The lowest BCUT2D eigenvalue weighted by molar-refractivity contribution is -0.137. The zero-order valence-corrected chi connectivity index (χ0v) is 28.8. The molecule has 1 heterocycles. The molecule has 1 aliphatic heterocycles. The second-order valence-corrected chi connectivity index (χ2v) is 14.8. The van der Waals surface area contributed by atoms with Crippen LogP contribution in [-0.4, -0.2) is 86.7 Å². The summed E-state index contributed by atoms with van der Waals surface area (Å²) in [6, 6.07) is 8.40. The fourth-order valence-electron chi connectivity index (χ4n) is 6.30. The number of hydrogen-bond donors (Lipinski definition) is 2. The molecule has 2 amide bonds. The fourth-order valence-corrected chi connectivity index (χ4v) is 7.35. The number of amides is 2. The van der Waals surface area contributed by atoms with Gasteiger partial charge in [0.2, 0.25) is 5.91 Å². The van der Waals surface area contributed by atoms with Crippen molar-refractivity contribution in [2.24, 2.45) is 11.8 Å². The summed E-state index contributed by atoms with van der Waals surface area (Å²) in [4.78, 5) is 30.9. The van der Waals surface area contributed by atoms with E-state index >= 15 is 0 Å². The van der Waals surface area contributed by atoms with E-state index in [-0.39, 0.29) is 59.2 Å². The smallest absolute Gasteiger partial charge is 0.261 e. The van der Waals surface area contributed by atoms with Crippen LogP contribution in [0.4, 0.5) is 10.1 Å². The minimum absolute atomic E-state index is 0.0303. The number of carbonyl (C=O) groups is 2. The molecule has 0 spiro atoms. The van der Waals surface area contributed by atoms with Crippen molar-refractivity contribution in [1.82, 2.24) is 9.80 Å². The standard InChI is InChI=1S/C35H50FN3O7S/c1-24-21-39(25(2)23-40)35(42)31-20-29(37-47(43,44)30-16-13-28(36)14-17-30)15-18-32(31)46-26(3)10-8-9-19-45-33(24)22-38(4)34(41)27-11-6-5-7-12-27/h13-18,20,24-27,33,37,40H,5-12,19,21-23H2,1-4H3/t24-,25+,26+,33+/m0/s1. The number of aliphatic hydroxyl groups excluding tert-OH is 1. The molecule has 0 unspecified atom stereocenters. The van der Waals surface area contributed by atoms with Crippen molar-refractivity contribution in [3.63, 3.8) is 0 Å². The van der Waals surface area contributed by atoms with Crippen molar-refractivity contribution in [3.05, 3.63) is 53.8 Å². The number of nitrogens with zero attached hydrogens (tertiary/aromatic N) is 2. The van der Waals surface area contributed by atoms with Gasteiger partial charge >= 0.3 is 0 Å². The van der Waals surface area contributed by atoms with Crippen LogP contribution >= 0.6 is 0 Å². The second kappa shape index (κ2) is 16.7. The zero-order chi connectivity index (χ0) is 34.1. The molecule has 4 atom stereocenters. The summed E-state index contributed by atoms with van der Waals surface area (Å²) in [6.45, 7) is 6.45. The van der Waals surface area contributed by atoms with Gasteiger partial charge in [-0.05, 0) is 88.4 Å². The Balaban J connectivity index is 1.64. The van der Waals surface area contributed by atoms with Crippen LogP contribution in [0.3, 0.4) is 0 Å². The average molecular weight is 676 g/mol. The number of benzene rings is 2. The van der Waals surface area contributed by atoms with Crippen molar-refractivity contribution >= 4 is 27.5 Å². The molecule has 1 fully saturated rings. The summed E-state index contributed by atoms with van der Waals surface area (Å²) < 4.78 is 54.7. The van der Waals surface area contributed by atoms with Gasteiger partial charge in [0, 0.05) is 44.3 Å². The Morgan fingerprint density at radius 3 is 2.43 bits per heavy atom. The molecule has 0 bridgehead atoms. The molecule has 4 rings (SSSR count). The van der Waals surface area contributed by atoms with Crippen LogP contribution in [0.5, 0.6) is 5.75 Å². The molecule has 2 N–H and O–H groups in total. The maximum absolute atomic E-state index is 14.3. The van der Waals surface area contributed by atoms with Gasteiger partial charge in [0.1, 0.15) is 11.6 Å². The Bertz CT molecular complexity index is 1450. The van der Waals surface area contributed by atoms with Gasteiger partial charge in [-0.15, -0.1) is 0 Å². The van der Waals surface area contributed by atoms with Gasteiger partial charge in [-0.1, -0.05) is 26.2 Å². The molecule has 1 aliphatic carbocycles. The lowest BCUT2D eigenvalue weighted by Crippen LogP contribution is -2.48. The maximum Gasteiger partial charge on any atom is 0.261 e. The quantitative estimate of drug-likeness (QED) is 0.381. The Morgan fingerprint density at radius 2 is 1.74 bits per heavy atom. The minimum atomic E-state index is -4.08. The molecule has 0 radical (unpaired) electrons. The van der Waals surface area contributed by atoms with Gasteiger partial charge in [-0.3, -0.25) is 14.3 Å². The monoisotopic (exact) mass is 675 g/mol. The first-order chi connectivity index (χ1) is 22.4. The number of likely N-dealkylation sites (N-methyl/N-ethyl adjacent to an activating group) is 1. The van der Waals surface area contributed by atoms with Gasteiger partial charge in [-0.2, -0.15) is 0 Å². The molecular formula is C35H50FN3O7S. The predicted octanol–water partition coefficient (Wildman–Crippen LogP) is 5.46. The normalized spacial score (nSPS) is 22.8. The molecule has 2 aromatic carbocycles. The number of halogens is 1. The van der Waals surface area contributed by atoms with E-state index in [9.17, 15) is 27.5 Å². The first-order valence-corrected chi connectivity index (χ1v) is 18.3. The van der Waals surface area contributed by atoms with Crippen molar-refractivity contribution < 1.29 is 37.0 Å². The summed E-state index contributed by atoms with van der Waals surface area (Å²) in [7, 11) is -2.26. The van der Waals surface area contributed by atoms with E-state index in [2.05, 4.69) is 4.72 Å². The van der Waals surface area contributed by atoms with Crippen LogP contribution in [0, 0.1) is 17.7 Å². The number of ether oxygens (including phenoxy) is 2. The molecule has 10 nitrogen and oxygen atoms in total. The van der Waals surface area contributed by atoms with Crippen molar-refractivity contribution in [1.29, 1.82) is 0 Å². The van der Waals surface area contributed by atoms with E-state index in [1.54, 1.807) is 22.8 Å². The highest BCUT2D eigenvalue weighted by Crippen LogP contribution is 2.30. The molecule has 47 heavy (non-hydrogen) atoms. The van der Waals surface area contributed by atoms with Crippen LogP contribution in [0.2, 0.25) is 0 Å². The SMILES string of the molecule is C[C@@H]1CCCCO[C@H](CN(C)C(=O)C2CCCCC2)[C@@H](C)CN([C@H](C)CO)C(=O)c2cc(NS(=O)(=O)c3ccc(F)cc3)ccc2O1. The number of sulfonamides is 1. The Morgan fingerprint density at radius 1 is 1.06 bits per heavy atom. The largest absolute Gasteiger partial charge is 0.490 e. The molecule has 12 heteroatoms. The second-order valence-electron chi connectivity index (χ2n) is 13.1. The lowest BCUT2D eigenvalue weighted by atomic mass is 9.88. The molecular weight excluding hydrogens is 625 g/mol. The van der Waals surface area contributed by atoms with Crippen LogP contribution in [0.25, 0.3) is 0 Å². The minimum Gasteiger partial charge on any atom is -0.490 e. The number of nitrogens with one attached hydrogen (secondary N) is 1. The fraction of sp³-hybridized carbons (Fsp3) is 0.600. The topological polar surface area (TPSA) is 125 Å². The Hall–Kier alpha value is -3.22. The van der Waals surface area contributed by atoms with Crippen molar-refractivity contribution in [2.75, 3.05) is 38.1 Å². The third kappa shape index (κ3) is 9.90. The number of anilines is 1. The molecule has 0 aromatic heterocycles. The summed E-state index contributed by atoms with van der Waals surface area (Å²) in [5.41, 5.74) is 0.273. The lowest BCUT2D eigenvalue weighted by Gasteiger charge is -2.36. The molecule has 260 valence electrons. The number of aliphatic hydroxyl groups is 1. The predicted molar refractivity (Wildman–Crippen MR) is 178 cm³/mol. The Labute approximate surface area is 278 Å². The summed E-state index contributed by atoms with van der Waals surface area (Å²) in [5, 5.41) is 10.2. The molecule has 2 aromatic rings. The van der Waals surface area contributed by atoms with Crippen LogP contribution in [0.1, 0.15) is 82.5 Å². The first kappa shape index (κ1) is 36.6. The first-order valence-electron chi connectivity index (χ1n) is 16.8. The van der Waals surface area contributed by atoms with Crippen LogP contribution < -0.4 is 9.46 Å². The number of fused-ring (bicyclic) bond motifs is 1. The highest BCUT2D eigenvalue weighted by Gasteiger charge is 2.32. The number of carbonyl (C=O) groups excluding carboxylic acids is 2. The highest BCUT2D eigenvalue weighted by atomic mass is 32.2. The van der Waals surface area contributed by atoms with Crippen molar-refractivity contribution in [2.45, 2.75) is 95.3 Å². The van der Waals surface area contributed by atoms with Gasteiger partial charge in [0.25, 0.3) is 15.9 Å². The van der Waals surface area contributed by atoms with Crippen LogP contribution in [0.15, 0.2) is 47.4 Å². The highest BCUT2D eigenvalue weighted by molar-refractivity contribution is 7.92. The summed E-state index contributed by atoms with van der Waals surface area (Å²) in [5.74, 6) is -0.742. The zero-order valence-electron chi connectivity index (χ0n) is 28.0. The molecule has 1 saturated carbocycles. The number of rotatable bonds is 8. The molecule has 2 aliphatic rings. The van der Waals surface area contributed by atoms with E-state index in [4.69, 9.17) is 9.47 Å². The van der Waals surface area contributed by atoms with E-state index in [1.807, 2.05) is 20.9 Å². The maximum atomic E-state index is 14.3. The molecule has 0 saturated heterocycles. The van der Waals surface area contributed by atoms with E-state index in [0.717, 1.165) is 69.2 Å². The van der Waals surface area contributed by atoms with Crippen LogP contribution in [-0.2, 0) is 19.6 Å². The third-order valence-corrected chi connectivity index (χ3v) is 10.6. The Kier molecular flexibility index (Phi) is 13.0.